The number of carboxylic acids is 3. The molecule has 276 valence electrons. The summed E-state index contributed by atoms with van der Waals surface area (Å²) in [6, 6.07) is -1.61. The number of carbonyl (C=O) groups is 4. The van der Waals surface area contributed by atoms with Crippen LogP contribution in [0.15, 0.2) is 39.0 Å². The van der Waals surface area contributed by atoms with E-state index in [0.717, 1.165) is 57.2 Å². The quantitative estimate of drug-likeness (QED) is 0.164. The van der Waals surface area contributed by atoms with E-state index in [1.165, 1.54) is 0 Å². The van der Waals surface area contributed by atoms with E-state index >= 15 is 0 Å². The van der Waals surface area contributed by atoms with Crippen molar-refractivity contribution < 1.29 is 34.5 Å². The Morgan fingerprint density at radius 1 is 1.02 bits per heavy atom. The molecule has 2 aromatic heterocycles. The van der Waals surface area contributed by atoms with Gasteiger partial charge >= 0.3 is 17.9 Å². The lowest BCUT2D eigenvalue weighted by Gasteiger charge is -2.22. The summed E-state index contributed by atoms with van der Waals surface area (Å²) in [5, 5.41) is 34.9. The molecule has 2 aromatic rings. The highest BCUT2D eigenvalue weighted by Crippen LogP contribution is 2.40. The van der Waals surface area contributed by atoms with Gasteiger partial charge < -0.3 is 30.6 Å². The van der Waals surface area contributed by atoms with Crippen molar-refractivity contribution in [2.75, 3.05) is 0 Å². The van der Waals surface area contributed by atoms with Gasteiger partial charge in [0.2, 0.25) is 0 Å². The number of aliphatic carboxylic acids is 3. The van der Waals surface area contributed by atoms with Gasteiger partial charge in [0, 0.05) is 46.4 Å². The number of carboxylic acid groups (broad SMARTS) is 3. The second-order valence-electron chi connectivity index (χ2n) is 14.0. The van der Waals surface area contributed by atoms with Crippen LogP contribution < -0.4 is 16.0 Å². The van der Waals surface area contributed by atoms with Gasteiger partial charge in [-0.25, -0.2) is 14.6 Å². The third kappa shape index (κ3) is 7.24. The summed E-state index contributed by atoms with van der Waals surface area (Å²) >= 11 is 0. The van der Waals surface area contributed by atoms with Gasteiger partial charge in [0.05, 0.1) is 28.7 Å². The number of rotatable bonds is 13. The molecule has 0 saturated heterocycles. The molecule has 3 aliphatic heterocycles. The maximum atomic E-state index is 14.2. The van der Waals surface area contributed by atoms with Crippen LogP contribution in [0.4, 0.5) is 0 Å². The zero-order valence-corrected chi connectivity index (χ0v) is 30.8. The van der Waals surface area contributed by atoms with Crippen LogP contribution in [0.25, 0.3) is 18.2 Å². The van der Waals surface area contributed by atoms with Crippen LogP contribution in [-0.2, 0) is 32.0 Å². The van der Waals surface area contributed by atoms with Crippen LogP contribution >= 0.6 is 0 Å². The second kappa shape index (κ2) is 15.5. The molecule has 12 nitrogen and oxygen atoms in total. The fraction of sp³-hybridized carbons (Fsp3) is 0.450. The first-order chi connectivity index (χ1) is 24.7. The lowest BCUT2D eigenvalue weighted by Crippen LogP contribution is -2.42. The Kier molecular flexibility index (Phi) is 11.4. The van der Waals surface area contributed by atoms with Gasteiger partial charge in [0.1, 0.15) is 11.6 Å². The Bertz CT molecular complexity index is 2090. The number of unbranched alkanes of at least 4 members (excludes halogenated alkanes) is 2. The molecular weight excluding hydrogens is 662 g/mol. The van der Waals surface area contributed by atoms with E-state index in [1.807, 2.05) is 46.8 Å². The normalized spacial score (nSPS) is 21.5. The molecule has 6 N–H and O–H groups in total. The molecular formula is C40H49N5O7. The Hall–Kier alpha value is -5.26. The number of aliphatic imine (C=N–C) groups is 2. The van der Waals surface area contributed by atoms with Crippen LogP contribution in [0.5, 0.6) is 0 Å². The van der Waals surface area contributed by atoms with Gasteiger partial charge in [-0.15, -0.1) is 0 Å². The molecule has 2 unspecified atom stereocenters. The number of nitrogens with zero attached hydrogens (tertiary/aromatic N) is 2. The number of nitrogens with one attached hydrogen (secondary N) is 3. The SMILES string of the molecule is C=Cc1c2[nH]c(c1C)CC1N=C(/C(C(=O)O)=C3\N=C(C=c4[nH]c(c(C)c4CC)=C2)C(C)=C3C(=O)NC(CCCCC)C(=O)O)[C@@H](CCC(=O)O)[C@@H]1C. The average molecular weight is 712 g/mol. The summed E-state index contributed by atoms with van der Waals surface area (Å²) in [4.78, 5) is 68.6. The molecule has 0 spiro atoms. The number of aromatic amines is 2. The van der Waals surface area contributed by atoms with E-state index in [0.29, 0.717) is 30.5 Å². The maximum absolute atomic E-state index is 14.2. The number of fused-ring (bicyclic) bond motifs is 6. The minimum Gasteiger partial charge on any atom is -0.481 e. The maximum Gasteiger partial charge on any atom is 0.339 e. The fourth-order valence-corrected chi connectivity index (χ4v) is 7.81. The minimum atomic E-state index is -1.36. The summed E-state index contributed by atoms with van der Waals surface area (Å²) in [7, 11) is 0. The molecule has 0 fully saturated rings. The number of hydrogen-bond acceptors (Lipinski definition) is 6. The largest absolute Gasteiger partial charge is 0.481 e. The lowest BCUT2D eigenvalue weighted by molar-refractivity contribution is -0.141. The molecule has 0 aromatic carbocycles. The first kappa shape index (κ1) is 38.0. The standard InChI is InChI=1S/C40H49N5O7/c1-8-11-12-13-26(39(49)50)45-38(48)34-22(7)30-18-32-24(10-3)20(5)28(42-32)17-31-23(9-2)19(4)27(41-31)16-29-21(6)25(14-15-33(46)47)36(43-29)35(40(51)52)37(34)44-30/h9,17-18,21,25-26,29,41-42H,2,8,10-16H2,1,3-7H3,(H,45,48)(H,46,47)(H,49,50)(H,51,52)/b28-17?,32-18?,37-35+/t21-,25-,26?,29?/m0/s1. The highest BCUT2D eigenvalue weighted by Gasteiger charge is 2.43. The van der Waals surface area contributed by atoms with Gasteiger partial charge in [-0.05, 0) is 80.4 Å². The van der Waals surface area contributed by atoms with Crippen LogP contribution in [0.3, 0.4) is 0 Å². The van der Waals surface area contributed by atoms with E-state index in [-0.39, 0.29) is 47.7 Å². The van der Waals surface area contributed by atoms with E-state index in [1.54, 1.807) is 13.0 Å². The molecule has 0 saturated carbocycles. The molecule has 1 amide bonds. The highest BCUT2D eigenvalue weighted by molar-refractivity contribution is 6.30. The molecule has 3 aliphatic rings. The molecule has 12 heteroatoms. The third-order valence-corrected chi connectivity index (χ3v) is 10.9. The van der Waals surface area contributed by atoms with Crippen molar-refractivity contribution in [2.45, 2.75) is 105 Å². The molecule has 8 bridgehead atoms. The van der Waals surface area contributed by atoms with Crippen molar-refractivity contribution >= 4 is 53.5 Å². The van der Waals surface area contributed by atoms with E-state index in [4.69, 9.17) is 9.98 Å². The predicted octanol–water partition coefficient (Wildman–Crippen LogP) is 4.53. The zero-order valence-electron chi connectivity index (χ0n) is 30.8. The van der Waals surface area contributed by atoms with Gasteiger partial charge in [0.25, 0.3) is 5.91 Å². The Labute approximate surface area is 302 Å². The van der Waals surface area contributed by atoms with Crippen LogP contribution in [-0.4, -0.2) is 72.6 Å². The van der Waals surface area contributed by atoms with Crippen molar-refractivity contribution in [3.63, 3.8) is 0 Å². The first-order valence-electron chi connectivity index (χ1n) is 18.1. The molecule has 5 heterocycles. The van der Waals surface area contributed by atoms with Crippen LogP contribution in [0.1, 0.15) is 99.9 Å². The van der Waals surface area contributed by atoms with E-state index < -0.39 is 41.8 Å². The van der Waals surface area contributed by atoms with E-state index in [2.05, 4.69) is 21.9 Å². The average Bonchev–Trinajstić information content (AvgIpc) is 3.76. The number of amides is 1. The number of hydrogen-bond donors (Lipinski definition) is 6. The Morgan fingerprint density at radius 2 is 1.75 bits per heavy atom. The summed E-state index contributed by atoms with van der Waals surface area (Å²) in [5.74, 6) is -5.13. The zero-order chi connectivity index (χ0) is 38.0. The topological polar surface area (TPSA) is 197 Å². The van der Waals surface area contributed by atoms with Gasteiger partial charge in [-0.3, -0.25) is 14.6 Å². The highest BCUT2D eigenvalue weighted by atomic mass is 16.4. The van der Waals surface area contributed by atoms with E-state index in [9.17, 15) is 34.5 Å². The minimum absolute atomic E-state index is 0.0429. The number of allylic oxidation sites excluding steroid dienone is 1. The summed E-state index contributed by atoms with van der Waals surface area (Å²) in [5.41, 5.74) is 6.20. The Balaban J connectivity index is 1.83. The Morgan fingerprint density at radius 3 is 2.37 bits per heavy atom. The fourth-order valence-electron chi connectivity index (χ4n) is 7.81. The number of aromatic nitrogens is 2. The second-order valence-corrected chi connectivity index (χ2v) is 14.0. The van der Waals surface area contributed by atoms with Gasteiger partial charge in [0.15, 0.2) is 0 Å². The first-order valence-corrected chi connectivity index (χ1v) is 18.1. The molecule has 52 heavy (non-hydrogen) atoms. The monoisotopic (exact) mass is 711 g/mol. The predicted molar refractivity (Wildman–Crippen MR) is 201 cm³/mol. The van der Waals surface area contributed by atoms with Gasteiger partial charge in [-0.1, -0.05) is 52.7 Å². The van der Waals surface area contributed by atoms with Crippen molar-refractivity contribution in [1.29, 1.82) is 0 Å². The lowest BCUT2D eigenvalue weighted by atomic mass is 9.80. The van der Waals surface area contributed by atoms with Crippen molar-refractivity contribution in [3.8, 4) is 0 Å². The summed E-state index contributed by atoms with van der Waals surface area (Å²) in [6.45, 7) is 15.8. The molecule has 0 radical (unpaired) electrons. The van der Waals surface area contributed by atoms with Crippen LogP contribution in [0, 0.1) is 25.7 Å². The number of carbonyl (C=O) groups excluding carboxylic acids is 1. The smallest absolute Gasteiger partial charge is 0.339 e. The van der Waals surface area contributed by atoms with Crippen molar-refractivity contribution in [2.24, 2.45) is 21.8 Å². The molecule has 4 atom stereocenters. The summed E-state index contributed by atoms with van der Waals surface area (Å²) < 4.78 is 0. The third-order valence-electron chi connectivity index (χ3n) is 10.9. The van der Waals surface area contributed by atoms with Crippen molar-refractivity contribution in [3.05, 3.63) is 73.3 Å². The van der Waals surface area contributed by atoms with Crippen molar-refractivity contribution in [1.82, 2.24) is 15.3 Å². The van der Waals surface area contributed by atoms with Crippen LogP contribution in [0.2, 0.25) is 0 Å². The number of H-pyrrole nitrogens is 2. The molecule has 0 aliphatic carbocycles. The summed E-state index contributed by atoms with van der Waals surface area (Å²) in [6.07, 6.45) is 9.14. The van der Waals surface area contributed by atoms with Gasteiger partial charge in [-0.2, -0.15) is 0 Å². The molecule has 5 rings (SSSR count).